The molecule has 0 unspecified atom stereocenters. The van der Waals surface area contributed by atoms with E-state index in [9.17, 15) is 18.0 Å². The maximum atomic E-state index is 11.9. The summed E-state index contributed by atoms with van der Waals surface area (Å²) in [5, 5.41) is 1.85. The van der Waals surface area contributed by atoms with Gasteiger partial charge in [-0.25, -0.2) is 0 Å². The second-order valence-corrected chi connectivity index (χ2v) is 4.93. The summed E-state index contributed by atoms with van der Waals surface area (Å²) < 4.78 is 35.7. The minimum Gasteiger partial charge on any atom is -0.392 e. The zero-order chi connectivity index (χ0) is 14.5. The van der Waals surface area contributed by atoms with Gasteiger partial charge in [-0.2, -0.15) is 13.2 Å². The average molecular weight is 298 g/mol. The normalized spacial score (nSPS) is 18.3. The van der Waals surface area contributed by atoms with E-state index in [1.165, 1.54) is 0 Å². The molecular formula is C10H17F3N4OS. The first-order valence-electron chi connectivity index (χ1n) is 5.83. The monoisotopic (exact) mass is 298 g/mol. The topological polar surface area (TPSA) is 61.6 Å². The molecule has 0 saturated carbocycles. The predicted molar refractivity (Wildman–Crippen MR) is 68.7 cm³/mol. The fraction of sp³-hybridized carbons (Fsp3) is 0.800. The highest BCUT2D eigenvalue weighted by Crippen LogP contribution is 2.12. The number of thiocarbonyl (C=S) groups is 1. The van der Waals surface area contributed by atoms with Gasteiger partial charge in [-0.15, -0.1) is 0 Å². The third-order valence-corrected chi connectivity index (χ3v) is 2.83. The van der Waals surface area contributed by atoms with Gasteiger partial charge in [0, 0.05) is 32.7 Å². The van der Waals surface area contributed by atoms with Crippen molar-refractivity contribution in [3.8, 4) is 0 Å². The molecule has 0 aromatic carbocycles. The third-order valence-electron chi connectivity index (χ3n) is 2.70. The lowest BCUT2D eigenvalue weighted by atomic mass is 10.3. The van der Waals surface area contributed by atoms with Crippen LogP contribution in [0.1, 0.15) is 0 Å². The quantitative estimate of drug-likeness (QED) is 0.675. The molecule has 0 aromatic rings. The SMILES string of the molecule is NC(=S)CN1CCN(CC(=O)NCC(F)(F)F)CC1. The van der Waals surface area contributed by atoms with E-state index in [0.717, 1.165) is 0 Å². The van der Waals surface area contributed by atoms with Crippen LogP contribution in [0.2, 0.25) is 0 Å². The van der Waals surface area contributed by atoms with Crippen LogP contribution in [-0.2, 0) is 4.79 Å². The Morgan fingerprint density at radius 2 is 1.63 bits per heavy atom. The van der Waals surface area contributed by atoms with Gasteiger partial charge in [0.15, 0.2) is 0 Å². The number of piperazine rings is 1. The Hall–Kier alpha value is -0.930. The van der Waals surface area contributed by atoms with Crippen LogP contribution in [0.5, 0.6) is 0 Å². The molecule has 1 amide bonds. The highest BCUT2D eigenvalue weighted by molar-refractivity contribution is 7.80. The van der Waals surface area contributed by atoms with E-state index in [2.05, 4.69) is 0 Å². The number of nitrogens with one attached hydrogen (secondary N) is 1. The Morgan fingerprint density at radius 3 is 2.05 bits per heavy atom. The maximum absolute atomic E-state index is 11.9. The molecule has 0 atom stereocenters. The first-order valence-corrected chi connectivity index (χ1v) is 6.23. The summed E-state index contributed by atoms with van der Waals surface area (Å²) >= 11 is 4.80. The van der Waals surface area contributed by atoms with Crippen molar-refractivity contribution in [1.82, 2.24) is 15.1 Å². The molecule has 1 heterocycles. The lowest BCUT2D eigenvalue weighted by Gasteiger charge is -2.33. The molecule has 0 radical (unpaired) electrons. The van der Waals surface area contributed by atoms with Crippen molar-refractivity contribution < 1.29 is 18.0 Å². The van der Waals surface area contributed by atoms with Crippen LogP contribution in [0.3, 0.4) is 0 Å². The fourth-order valence-corrected chi connectivity index (χ4v) is 1.97. The number of halogens is 3. The van der Waals surface area contributed by atoms with E-state index in [-0.39, 0.29) is 6.54 Å². The van der Waals surface area contributed by atoms with Crippen molar-refractivity contribution in [2.24, 2.45) is 5.73 Å². The van der Waals surface area contributed by atoms with Gasteiger partial charge in [-0.3, -0.25) is 14.6 Å². The molecule has 1 aliphatic rings. The molecule has 1 fully saturated rings. The second kappa shape index (κ2) is 7.01. The molecule has 1 rings (SSSR count). The van der Waals surface area contributed by atoms with Gasteiger partial charge in [-0.05, 0) is 0 Å². The molecule has 9 heteroatoms. The first kappa shape index (κ1) is 16.1. The van der Waals surface area contributed by atoms with E-state index in [4.69, 9.17) is 18.0 Å². The molecule has 0 spiro atoms. The molecule has 3 N–H and O–H groups in total. The van der Waals surface area contributed by atoms with Crippen LogP contribution in [0, 0.1) is 0 Å². The van der Waals surface area contributed by atoms with Crippen LogP contribution in [0.4, 0.5) is 13.2 Å². The summed E-state index contributed by atoms with van der Waals surface area (Å²) in [6.45, 7) is 1.85. The van der Waals surface area contributed by atoms with E-state index >= 15 is 0 Å². The highest BCUT2D eigenvalue weighted by atomic mass is 32.1. The highest BCUT2D eigenvalue weighted by Gasteiger charge is 2.28. The lowest BCUT2D eigenvalue weighted by molar-refractivity contribution is -0.139. The summed E-state index contributed by atoms with van der Waals surface area (Å²) in [6, 6.07) is 0. The Labute approximate surface area is 114 Å². The molecule has 5 nitrogen and oxygen atoms in total. The molecule has 110 valence electrons. The minimum atomic E-state index is -4.37. The third kappa shape index (κ3) is 7.28. The molecule has 19 heavy (non-hydrogen) atoms. The number of amides is 1. The summed E-state index contributed by atoms with van der Waals surface area (Å²) in [5.41, 5.74) is 5.42. The number of hydrogen-bond donors (Lipinski definition) is 2. The van der Waals surface area contributed by atoms with E-state index in [0.29, 0.717) is 37.7 Å². The van der Waals surface area contributed by atoms with Gasteiger partial charge < -0.3 is 11.1 Å². The van der Waals surface area contributed by atoms with Crippen molar-refractivity contribution in [3.05, 3.63) is 0 Å². The molecular weight excluding hydrogens is 281 g/mol. The summed E-state index contributed by atoms with van der Waals surface area (Å²) in [5.74, 6) is -0.611. The summed E-state index contributed by atoms with van der Waals surface area (Å²) in [6.07, 6.45) is -4.37. The van der Waals surface area contributed by atoms with Crippen LogP contribution < -0.4 is 11.1 Å². The van der Waals surface area contributed by atoms with Gasteiger partial charge in [-0.1, -0.05) is 12.2 Å². The van der Waals surface area contributed by atoms with Crippen molar-refractivity contribution in [3.63, 3.8) is 0 Å². The number of carbonyl (C=O) groups is 1. The number of carbonyl (C=O) groups excluding carboxylic acids is 1. The van der Waals surface area contributed by atoms with Crippen molar-refractivity contribution in [2.45, 2.75) is 6.18 Å². The Morgan fingerprint density at radius 1 is 1.16 bits per heavy atom. The Kier molecular flexibility index (Phi) is 5.95. The number of rotatable bonds is 5. The van der Waals surface area contributed by atoms with Crippen LogP contribution in [0.15, 0.2) is 0 Å². The number of nitrogens with zero attached hydrogens (tertiary/aromatic N) is 2. The van der Waals surface area contributed by atoms with E-state index in [1.54, 1.807) is 0 Å². The van der Waals surface area contributed by atoms with Gasteiger partial charge in [0.1, 0.15) is 6.54 Å². The second-order valence-electron chi connectivity index (χ2n) is 4.41. The van der Waals surface area contributed by atoms with E-state index < -0.39 is 18.6 Å². The van der Waals surface area contributed by atoms with Crippen molar-refractivity contribution >= 4 is 23.1 Å². The lowest BCUT2D eigenvalue weighted by Crippen LogP contribution is -2.51. The molecule has 0 aromatic heterocycles. The molecule has 0 bridgehead atoms. The Bertz CT molecular complexity index is 329. The zero-order valence-electron chi connectivity index (χ0n) is 10.4. The minimum absolute atomic E-state index is 0.0169. The standard InChI is InChI=1S/C10H17F3N4OS/c11-10(12,13)7-15-9(18)6-17-3-1-16(2-4-17)5-8(14)19/h1-7H2,(H2,14,19)(H,15,18). The van der Waals surface area contributed by atoms with Gasteiger partial charge in [0.05, 0.1) is 11.5 Å². The molecule has 1 saturated heterocycles. The fourth-order valence-electron chi connectivity index (χ4n) is 1.78. The van der Waals surface area contributed by atoms with Crippen molar-refractivity contribution in [2.75, 3.05) is 45.8 Å². The van der Waals surface area contributed by atoms with Crippen LogP contribution in [-0.4, -0.2) is 72.7 Å². The maximum Gasteiger partial charge on any atom is 0.405 e. The molecule has 1 aliphatic heterocycles. The number of alkyl halides is 3. The van der Waals surface area contributed by atoms with Crippen LogP contribution >= 0.6 is 12.2 Å². The van der Waals surface area contributed by atoms with Crippen molar-refractivity contribution in [1.29, 1.82) is 0 Å². The van der Waals surface area contributed by atoms with Gasteiger partial charge in [0.25, 0.3) is 0 Å². The van der Waals surface area contributed by atoms with E-state index in [1.807, 2.05) is 15.1 Å². The molecule has 0 aliphatic carbocycles. The first-order chi connectivity index (χ1) is 8.76. The van der Waals surface area contributed by atoms with Crippen LogP contribution in [0.25, 0.3) is 0 Å². The summed E-state index contributed by atoms with van der Waals surface area (Å²) in [4.78, 5) is 15.6. The zero-order valence-corrected chi connectivity index (χ0v) is 11.2. The largest absolute Gasteiger partial charge is 0.405 e. The Balaban J connectivity index is 2.21. The predicted octanol–water partition coefficient (Wildman–Crippen LogP) is -0.431. The average Bonchev–Trinajstić information content (AvgIpc) is 2.28. The number of hydrogen-bond acceptors (Lipinski definition) is 4. The van der Waals surface area contributed by atoms with Gasteiger partial charge in [0.2, 0.25) is 5.91 Å². The smallest absolute Gasteiger partial charge is 0.392 e. The summed E-state index contributed by atoms with van der Waals surface area (Å²) in [7, 11) is 0. The number of nitrogens with two attached hydrogens (primary N) is 1. The van der Waals surface area contributed by atoms with Gasteiger partial charge >= 0.3 is 6.18 Å².